The average molecular weight is 285 g/mol. The molecule has 0 aromatic carbocycles. The maximum absolute atomic E-state index is 10.7. The van der Waals surface area contributed by atoms with Gasteiger partial charge in [-0.2, -0.15) is 11.8 Å². The van der Waals surface area contributed by atoms with Crippen molar-refractivity contribution < 1.29 is 9.90 Å². The number of thioether (sulfide) groups is 1. The first-order valence-corrected chi connectivity index (χ1v) is 8.24. The number of thiazole rings is 1. The summed E-state index contributed by atoms with van der Waals surface area (Å²) in [7, 11) is 0. The molecule has 2 rings (SSSR count). The molecule has 0 spiro atoms. The van der Waals surface area contributed by atoms with E-state index in [1.807, 2.05) is 11.8 Å². The first-order valence-electron chi connectivity index (χ1n) is 6.38. The maximum Gasteiger partial charge on any atom is 0.303 e. The van der Waals surface area contributed by atoms with Crippen molar-refractivity contribution in [1.29, 1.82) is 0 Å². The van der Waals surface area contributed by atoms with Gasteiger partial charge in [-0.25, -0.2) is 4.98 Å². The summed E-state index contributed by atoms with van der Waals surface area (Å²) in [5.41, 5.74) is 1.20. The zero-order chi connectivity index (χ0) is 13.1. The van der Waals surface area contributed by atoms with Crippen LogP contribution in [0.2, 0.25) is 0 Å². The maximum atomic E-state index is 10.7. The normalized spacial score (nSPS) is 15.3. The first-order chi connectivity index (χ1) is 8.56. The molecule has 1 heterocycles. The van der Waals surface area contributed by atoms with Gasteiger partial charge < -0.3 is 5.11 Å². The van der Waals surface area contributed by atoms with Gasteiger partial charge in [0.25, 0.3) is 0 Å². The third-order valence-corrected chi connectivity index (χ3v) is 5.26. The van der Waals surface area contributed by atoms with E-state index < -0.39 is 5.97 Å². The lowest BCUT2D eigenvalue weighted by atomic mass is 10.2. The van der Waals surface area contributed by atoms with E-state index in [0.29, 0.717) is 17.6 Å². The van der Waals surface area contributed by atoms with E-state index in [4.69, 9.17) is 10.1 Å². The zero-order valence-electron chi connectivity index (χ0n) is 10.8. The van der Waals surface area contributed by atoms with Gasteiger partial charge in [-0.3, -0.25) is 4.79 Å². The summed E-state index contributed by atoms with van der Waals surface area (Å²) < 4.78 is 0. The summed E-state index contributed by atoms with van der Waals surface area (Å²) in [5.74, 6) is 0.848. The van der Waals surface area contributed by atoms with E-state index in [9.17, 15) is 4.79 Å². The number of aryl methyl sites for hydroxylation is 1. The molecule has 0 amide bonds. The summed E-state index contributed by atoms with van der Waals surface area (Å²) >= 11 is 3.61. The van der Waals surface area contributed by atoms with Gasteiger partial charge in [-0.05, 0) is 24.5 Å². The highest BCUT2D eigenvalue weighted by Crippen LogP contribution is 2.43. The van der Waals surface area contributed by atoms with E-state index in [-0.39, 0.29) is 6.42 Å². The molecule has 3 nitrogen and oxygen atoms in total. The van der Waals surface area contributed by atoms with Gasteiger partial charge in [-0.15, -0.1) is 11.3 Å². The number of rotatable bonds is 7. The minimum Gasteiger partial charge on any atom is -0.481 e. The number of aliphatic carboxylic acids is 1. The van der Waals surface area contributed by atoms with Crippen molar-refractivity contribution in [3.05, 3.63) is 15.6 Å². The molecule has 1 aromatic heterocycles. The molecule has 1 aliphatic carbocycles. The van der Waals surface area contributed by atoms with Crippen LogP contribution in [0.5, 0.6) is 0 Å². The van der Waals surface area contributed by atoms with E-state index in [1.54, 1.807) is 11.3 Å². The zero-order valence-corrected chi connectivity index (χ0v) is 12.4. The second-order valence-corrected chi connectivity index (χ2v) is 7.68. The van der Waals surface area contributed by atoms with Crippen LogP contribution in [0, 0.1) is 0 Å². The Hall–Kier alpha value is -0.550. The molecule has 18 heavy (non-hydrogen) atoms. The molecule has 1 fully saturated rings. The van der Waals surface area contributed by atoms with Crippen LogP contribution in [0.25, 0.3) is 0 Å². The van der Waals surface area contributed by atoms with Crippen molar-refractivity contribution >= 4 is 29.1 Å². The van der Waals surface area contributed by atoms with Gasteiger partial charge in [-0.1, -0.05) is 13.8 Å². The van der Waals surface area contributed by atoms with Crippen molar-refractivity contribution in [2.24, 2.45) is 0 Å². The summed E-state index contributed by atoms with van der Waals surface area (Å²) in [5, 5.41) is 10.6. The molecule has 1 aromatic rings. The fourth-order valence-corrected chi connectivity index (χ4v) is 3.72. The van der Waals surface area contributed by atoms with Gasteiger partial charge in [0.2, 0.25) is 0 Å². The number of aromatic nitrogens is 1. The molecule has 0 saturated heterocycles. The fraction of sp³-hybridized carbons (Fsp3) is 0.692. The summed E-state index contributed by atoms with van der Waals surface area (Å²) in [6, 6.07) is 0. The fourth-order valence-electron chi connectivity index (χ4n) is 1.79. The Morgan fingerprint density at radius 1 is 1.56 bits per heavy atom. The SMILES string of the molecule is CC(C)SCc1nc(C2CC2)c(CCC(=O)O)s1. The predicted molar refractivity (Wildman–Crippen MR) is 76.5 cm³/mol. The smallest absolute Gasteiger partial charge is 0.303 e. The second kappa shape index (κ2) is 6.06. The Kier molecular flexibility index (Phi) is 4.67. The third-order valence-electron chi connectivity index (χ3n) is 2.84. The van der Waals surface area contributed by atoms with Crippen molar-refractivity contribution in [1.82, 2.24) is 4.98 Å². The van der Waals surface area contributed by atoms with Gasteiger partial charge in [0.15, 0.2) is 0 Å². The molecule has 0 radical (unpaired) electrons. The van der Waals surface area contributed by atoms with Crippen LogP contribution in [0.4, 0.5) is 0 Å². The molecule has 1 aliphatic rings. The Bertz CT molecular complexity index is 425. The van der Waals surface area contributed by atoms with Crippen LogP contribution in [0.3, 0.4) is 0 Å². The summed E-state index contributed by atoms with van der Waals surface area (Å²) in [6.45, 7) is 4.37. The van der Waals surface area contributed by atoms with Crippen molar-refractivity contribution in [2.75, 3.05) is 0 Å². The number of hydrogen-bond donors (Lipinski definition) is 1. The van der Waals surface area contributed by atoms with Crippen LogP contribution >= 0.6 is 23.1 Å². The number of nitrogens with zero attached hydrogens (tertiary/aromatic N) is 1. The van der Waals surface area contributed by atoms with Gasteiger partial charge >= 0.3 is 5.97 Å². The lowest BCUT2D eigenvalue weighted by molar-refractivity contribution is -0.136. The van der Waals surface area contributed by atoms with Crippen LogP contribution in [-0.2, 0) is 17.0 Å². The first kappa shape index (κ1) is 13.9. The average Bonchev–Trinajstić information content (AvgIpc) is 3.05. The van der Waals surface area contributed by atoms with Crippen LogP contribution < -0.4 is 0 Å². The quantitative estimate of drug-likeness (QED) is 0.830. The van der Waals surface area contributed by atoms with Crippen LogP contribution in [0.1, 0.15) is 54.6 Å². The highest BCUT2D eigenvalue weighted by Gasteiger charge is 2.29. The van der Waals surface area contributed by atoms with Crippen molar-refractivity contribution in [3.8, 4) is 0 Å². The monoisotopic (exact) mass is 285 g/mol. The Morgan fingerprint density at radius 2 is 2.28 bits per heavy atom. The predicted octanol–water partition coefficient (Wildman–Crippen LogP) is 3.68. The van der Waals surface area contributed by atoms with Crippen LogP contribution in [0.15, 0.2) is 0 Å². The van der Waals surface area contributed by atoms with Gasteiger partial charge in [0.05, 0.1) is 12.1 Å². The number of carboxylic acids is 1. The molecule has 5 heteroatoms. The Morgan fingerprint density at radius 3 is 2.83 bits per heavy atom. The molecular formula is C13H19NO2S2. The number of carbonyl (C=O) groups is 1. The standard InChI is InChI=1S/C13H19NO2S2/c1-8(2)17-7-11-14-13(9-3-4-9)10(18-11)5-6-12(15)16/h8-9H,3-7H2,1-2H3,(H,15,16). The summed E-state index contributed by atoms with van der Waals surface area (Å²) in [4.78, 5) is 16.6. The third kappa shape index (κ3) is 3.99. The lowest BCUT2D eigenvalue weighted by Gasteiger charge is -2.00. The largest absolute Gasteiger partial charge is 0.481 e. The van der Waals surface area contributed by atoms with Crippen LogP contribution in [-0.4, -0.2) is 21.3 Å². The van der Waals surface area contributed by atoms with Crippen molar-refractivity contribution in [3.63, 3.8) is 0 Å². The van der Waals surface area contributed by atoms with Crippen molar-refractivity contribution in [2.45, 2.75) is 56.5 Å². The number of carboxylic acid groups (broad SMARTS) is 1. The highest BCUT2D eigenvalue weighted by atomic mass is 32.2. The molecule has 1 saturated carbocycles. The number of hydrogen-bond acceptors (Lipinski definition) is 4. The van der Waals surface area contributed by atoms with E-state index in [1.165, 1.54) is 23.4 Å². The molecule has 100 valence electrons. The topological polar surface area (TPSA) is 50.2 Å². The molecule has 0 bridgehead atoms. The minimum atomic E-state index is -0.719. The Balaban J connectivity index is 2.03. The highest BCUT2D eigenvalue weighted by molar-refractivity contribution is 7.99. The Labute approximate surface area is 116 Å². The lowest BCUT2D eigenvalue weighted by Crippen LogP contribution is -1.98. The minimum absolute atomic E-state index is 0.221. The van der Waals surface area contributed by atoms with E-state index in [2.05, 4.69) is 13.8 Å². The van der Waals surface area contributed by atoms with Gasteiger partial charge in [0, 0.05) is 16.5 Å². The molecular weight excluding hydrogens is 266 g/mol. The van der Waals surface area contributed by atoms with Gasteiger partial charge in [0.1, 0.15) is 5.01 Å². The molecule has 0 atom stereocenters. The molecule has 1 N–H and O–H groups in total. The summed E-state index contributed by atoms with van der Waals surface area (Å²) in [6.07, 6.45) is 3.31. The molecule has 0 aliphatic heterocycles. The van der Waals surface area contributed by atoms with E-state index in [0.717, 1.165) is 10.8 Å². The second-order valence-electron chi connectivity index (χ2n) is 4.94. The molecule has 0 unspecified atom stereocenters. The van der Waals surface area contributed by atoms with E-state index >= 15 is 0 Å².